The zero-order chi connectivity index (χ0) is 11.0. The van der Waals surface area contributed by atoms with Gasteiger partial charge in [-0.1, -0.05) is 0 Å². The van der Waals surface area contributed by atoms with Gasteiger partial charge in [0.15, 0.2) is 0 Å². The van der Waals surface area contributed by atoms with Crippen molar-refractivity contribution in [3.8, 4) is 0 Å². The maximum Gasteiger partial charge on any atom is 0.374 e. The van der Waals surface area contributed by atoms with E-state index < -0.39 is 24.1 Å². The first-order chi connectivity index (χ1) is 7.08. The molecule has 1 aliphatic rings. The van der Waals surface area contributed by atoms with Crippen LogP contribution in [0.3, 0.4) is 0 Å². The van der Waals surface area contributed by atoms with Gasteiger partial charge in [0.05, 0.1) is 0 Å². The zero-order valence-electron chi connectivity index (χ0n) is 8.35. The Morgan fingerprint density at radius 1 is 0.933 bits per heavy atom. The van der Waals surface area contributed by atoms with Crippen molar-refractivity contribution in [1.29, 1.82) is 0 Å². The van der Waals surface area contributed by atoms with E-state index in [4.69, 9.17) is 13.9 Å². The zero-order valence-corrected chi connectivity index (χ0v) is 8.35. The fourth-order valence-corrected chi connectivity index (χ4v) is 1.20. The molecule has 80 valence electrons. The van der Waals surface area contributed by atoms with Crippen LogP contribution in [0.2, 0.25) is 0 Å². The summed E-state index contributed by atoms with van der Waals surface area (Å²) in [5, 5.41) is 0. The van der Waals surface area contributed by atoms with Crippen molar-refractivity contribution in [1.82, 2.24) is 0 Å². The average Bonchev–Trinajstić information content (AvgIpc) is 2.65. The summed E-state index contributed by atoms with van der Waals surface area (Å²) in [6.45, 7) is 3.31. The highest BCUT2D eigenvalue weighted by Gasteiger charge is 2.27. The number of hydrogen-bond acceptors (Lipinski definition) is 5. The monoisotopic (exact) mass is 210 g/mol. The van der Waals surface area contributed by atoms with E-state index in [1.165, 1.54) is 12.1 Å². The Balaban J connectivity index is 2.37. The summed E-state index contributed by atoms with van der Waals surface area (Å²) in [5.74, 6) is -1.14. The molecule has 1 aliphatic heterocycles. The van der Waals surface area contributed by atoms with Gasteiger partial charge in [0, 0.05) is 0 Å². The van der Waals surface area contributed by atoms with Crippen molar-refractivity contribution in [3.63, 3.8) is 0 Å². The lowest BCUT2D eigenvalue weighted by Crippen LogP contribution is -2.29. The molecule has 1 aromatic rings. The molecule has 0 aliphatic carbocycles. The number of cyclic esters (lactones) is 2. The fraction of sp³-hybridized carbons (Fsp3) is 0.400. The van der Waals surface area contributed by atoms with Crippen LogP contribution in [0.4, 0.5) is 0 Å². The number of carbonyl (C=O) groups is 2. The van der Waals surface area contributed by atoms with Crippen LogP contribution in [0.1, 0.15) is 35.0 Å². The van der Waals surface area contributed by atoms with Crippen LogP contribution >= 0.6 is 0 Å². The minimum absolute atomic E-state index is 0.0166. The summed E-state index contributed by atoms with van der Waals surface area (Å²) in [6, 6.07) is 2.78. The van der Waals surface area contributed by atoms with Gasteiger partial charge in [-0.25, -0.2) is 9.59 Å². The van der Waals surface area contributed by atoms with Crippen molar-refractivity contribution in [2.45, 2.75) is 26.1 Å². The Bertz CT molecular complexity index is 369. The molecule has 5 heteroatoms. The van der Waals surface area contributed by atoms with Crippen molar-refractivity contribution < 1.29 is 23.5 Å². The predicted octanol–water partition coefficient (Wildman–Crippen LogP) is 1.38. The minimum Gasteiger partial charge on any atom is -0.453 e. The van der Waals surface area contributed by atoms with E-state index in [9.17, 15) is 9.59 Å². The van der Waals surface area contributed by atoms with Gasteiger partial charge >= 0.3 is 11.9 Å². The third-order valence-corrected chi connectivity index (χ3v) is 2.26. The summed E-state index contributed by atoms with van der Waals surface area (Å²) in [5.41, 5.74) is 0. The van der Waals surface area contributed by atoms with E-state index in [1.54, 1.807) is 13.8 Å². The Labute approximate surface area is 86.0 Å². The molecule has 2 unspecified atom stereocenters. The Hall–Kier alpha value is -1.78. The number of esters is 2. The van der Waals surface area contributed by atoms with E-state index >= 15 is 0 Å². The molecule has 0 fully saturated rings. The minimum atomic E-state index is -0.584. The molecule has 1 aromatic heterocycles. The molecule has 2 atom stereocenters. The lowest BCUT2D eigenvalue weighted by Gasteiger charge is -2.18. The van der Waals surface area contributed by atoms with Crippen LogP contribution in [-0.4, -0.2) is 24.1 Å². The third-order valence-electron chi connectivity index (χ3n) is 2.26. The van der Waals surface area contributed by atoms with E-state index in [0.29, 0.717) is 0 Å². The maximum atomic E-state index is 11.4. The highest BCUT2D eigenvalue weighted by Crippen LogP contribution is 2.17. The fourth-order valence-electron chi connectivity index (χ4n) is 1.20. The van der Waals surface area contributed by atoms with Crippen LogP contribution in [0, 0.1) is 0 Å². The van der Waals surface area contributed by atoms with Crippen LogP contribution in [-0.2, 0) is 9.47 Å². The van der Waals surface area contributed by atoms with Crippen LogP contribution < -0.4 is 0 Å². The van der Waals surface area contributed by atoms with E-state index in [-0.39, 0.29) is 11.5 Å². The second kappa shape index (κ2) is 3.42. The molecule has 0 saturated heterocycles. The second-order valence-corrected chi connectivity index (χ2v) is 3.38. The highest BCUT2D eigenvalue weighted by molar-refractivity contribution is 5.91. The molecule has 0 radical (unpaired) electrons. The molecule has 15 heavy (non-hydrogen) atoms. The summed E-state index contributed by atoms with van der Waals surface area (Å²) in [6.07, 6.45) is -0.989. The summed E-state index contributed by atoms with van der Waals surface area (Å²) in [4.78, 5) is 22.8. The quantitative estimate of drug-likeness (QED) is 0.605. The second-order valence-electron chi connectivity index (χ2n) is 3.38. The summed E-state index contributed by atoms with van der Waals surface area (Å²) >= 11 is 0. The van der Waals surface area contributed by atoms with Crippen LogP contribution in [0.25, 0.3) is 0 Å². The van der Waals surface area contributed by atoms with Gasteiger partial charge in [0.2, 0.25) is 11.5 Å². The molecule has 2 heterocycles. The lowest BCUT2D eigenvalue weighted by atomic mass is 10.2. The highest BCUT2D eigenvalue weighted by atomic mass is 16.6. The number of fused-ring (bicyclic) bond motifs is 2. The average molecular weight is 210 g/mol. The third kappa shape index (κ3) is 1.72. The van der Waals surface area contributed by atoms with E-state index in [2.05, 4.69) is 0 Å². The number of hydrogen-bond donors (Lipinski definition) is 0. The molecule has 0 aromatic carbocycles. The Morgan fingerprint density at radius 2 is 1.33 bits per heavy atom. The molecule has 0 spiro atoms. The Kier molecular flexibility index (Phi) is 2.22. The van der Waals surface area contributed by atoms with Crippen LogP contribution in [0.15, 0.2) is 16.5 Å². The topological polar surface area (TPSA) is 65.7 Å². The molecule has 0 amide bonds. The lowest BCUT2D eigenvalue weighted by molar-refractivity contribution is -0.0231. The summed E-state index contributed by atoms with van der Waals surface area (Å²) in [7, 11) is 0. The molecular weight excluding hydrogens is 200 g/mol. The molecule has 2 bridgehead atoms. The maximum absolute atomic E-state index is 11.4. The SMILES string of the molecule is CC1OC(=O)c2ccc(o2)C(=O)OC1C. The first-order valence-electron chi connectivity index (χ1n) is 4.59. The van der Waals surface area contributed by atoms with Gasteiger partial charge in [-0.3, -0.25) is 0 Å². The molecular formula is C10H10O5. The standard InChI is InChI=1S/C10H10O5/c1-5-6(2)14-10(12)8-4-3-7(15-8)9(11)13-5/h3-6H,1-2H3. The van der Waals surface area contributed by atoms with Gasteiger partial charge in [0.1, 0.15) is 12.2 Å². The largest absolute Gasteiger partial charge is 0.453 e. The van der Waals surface area contributed by atoms with Crippen LogP contribution in [0.5, 0.6) is 0 Å². The molecule has 5 nitrogen and oxygen atoms in total. The van der Waals surface area contributed by atoms with E-state index in [0.717, 1.165) is 0 Å². The molecule has 2 rings (SSSR count). The molecule has 0 N–H and O–H groups in total. The van der Waals surface area contributed by atoms with Crippen molar-refractivity contribution in [2.24, 2.45) is 0 Å². The van der Waals surface area contributed by atoms with Gasteiger partial charge in [-0.2, -0.15) is 0 Å². The Morgan fingerprint density at radius 3 is 1.73 bits per heavy atom. The first kappa shape index (κ1) is 9.76. The number of ether oxygens (including phenoxy) is 2. The van der Waals surface area contributed by atoms with Gasteiger partial charge in [-0.05, 0) is 26.0 Å². The van der Waals surface area contributed by atoms with Crippen molar-refractivity contribution in [3.05, 3.63) is 23.7 Å². The van der Waals surface area contributed by atoms with Gasteiger partial charge < -0.3 is 13.9 Å². The van der Waals surface area contributed by atoms with Crippen molar-refractivity contribution >= 4 is 11.9 Å². The number of carbonyl (C=O) groups excluding carboxylic acids is 2. The smallest absolute Gasteiger partial charge is 0.374 e. The number of furan rings is 1. The molecule has 0 saturated carbocycles. The predicted molar refractivity (Wildman–Crippen MR) is 48.5 cm³/mol. The van der Waals surface area contributed by atoms with Crippen molar-refractivity contribution in [2.75, 3.05) is 0 Å². The normalized spacial score (nSPS) is 26.0. The van der Waals surface area contributed by atoms with Gasteiger partial charge in [-0.15, -0.1) is 0 Å². The summed E-state index contributed by atoms with van der Waals surface area (Å²) < 4.78 is 15.0. The first-order valence-corrected chi connectivity index (χ1v) is 4.59. The number of rotatable bonds is 0. The van der Waals surface area contributed by atoms with E-state index in [1.807, 2.05) is 0 Å². The van der Waals surface area contributed by atoms with Gasteiger partial charge in [0.25, 0.3) is 0 Å².